The molecule has 0 saturated heterocycles. The number of aromatic nitrogens is 4. The SMILES string of the molecule is Cc1[nH]ncc1CNc1ccccc1-n1ccnc1. The van der Waals surface area contributed by atoms with Gasteiger partial charge in [-0.25, -0.2) is 4.98 Å². The fraction of sp³-hybridized carbons (Fsp3) is 0.143. The molecular weight excluding hydrogens is 238 g/mol. The van der Waals surface area contributed by atoms with Crippen LogP contribution >= 0.6 is 0 Å². The Morgan fingerprint density at radius 1 is 1.32 bits per heavy atom. The maximum Gasteiger partial charge on any atom is 0.0992 e. The van der Waals surface area contributed by atoms with Gasteiger partial charge in [-0.15, -0.1) is 0 Å². The summed E-state index contributed by atoms with van der Waals surface area (Å²) in [6.07, 6.45) is 7.35. The summed E-state index contributed by atoms with van der Waals surface area (Å²) in [6.45, 7) is 2.76. The lowest BCUT2D eigenvalue weighted by Crippen LogP contribution is -2.03. The van der Waals surface area contributed by atoms with Crippen molar-refractivity contribution in [1.82, 2.24) is 19.7 Å². The van der Waals surface area contributed by atoms with E-state index in [2.05, 4.69) is 32.6 Å². The first-order valence-electron chi connectivity index (χ1n) is 6.14. The fourth-order valence-electron chi connectivity index (χ4n) is 1.99. The third-order valence-corrected chi connectivity index (χ3v) is 3.09. The van der Waals surface area contributed by atoms with Crippen LogP contribution in [0.25, 0.3) is 5.69 Å². The molecule has 0 spiro atoms. The van der Waals surface area contributed by atoms with Crippen molar-refractivity contribution < 1.29 is 0 Å². The van der Waals surface area contributed by atoms with E-state index in [9.17, 15) is 0 Å². The summed E-state index contributed by atoms with van der Waals surface area (Å²) in [7, 11) is 0. The lowest BCUT2D eigenvalue weighted by molar-refractivity contribution is 1.03. The average Bonchev–Trinajstić information content (AvgIpc) is 3.08. The van der Waals surface area contributed by atoms with Crippen LogP contribution in [0, 0.1) is 6.92 Å². The summed E-state index contributed by atoms with van der Waals surface area (Å²) in [4.78, 5) is 4.08. The number of hydrogen-bond acceptors (Lipinski definition) is 3. The van der Waals surface area contributed by atoms with Gasteiger partial charge in [0.2, 0.25) is 0 Å². The highest BCUT2D eigenvalue weighted by Crippen LogP contribution is 2.20. The Bertz CT molecular complexity index is 654. The lowest BCUT2D eigenvalue weighted by Gasteiger charge is -2.12. The van der Waals surface area contributed by atoms with Gasteiger partial charge in [-0.05, 0) is 19.1 Å². The fourth-order valence-corrected chi connectivity index (χ4v) is 1.99. The Balaban J connectivity index is 1.84. The molecule has 5 heteroatoms. The van der Waals surface area contributed by atoms with Crippen LogP contribution in [-0.4, -0.2) is 19.7 Å². The number of H-pyrrole nitrogens is 1. The molecule has 5 nitrogen and oxygen atoms in total. The van der Waals surface area contributed by atoms with Gasteiger partial charge in [-0.1, -0.05) is 12.1 Å². The smallest absolute Gasteiger partial charge is 0.0992 e. The van der Waals surface area contributed by atoms with Gasteiger partial charge >= 0.3 is 0 Å². The number of aromatic amines is 1. The molecule has 3 rings (SSSR count). The second-order valence-corrected chi connectivity index (χ2v) is 4.36. The van der Waals surface area contributed by atoms with E-state index in [4.69, 9.17) is 0 Å². The second kappa shape index (κ2) is 4.97. The largest absolute Gasteiger partial charge is 0.379 e. The number of para-hydroxylation sites is 2. The third-order valence-electron chi connectivity index (χ3n) is 3.09. The first-order valence-corrected chi connectivity index (χ1v) is 6.14. The minimum atomic E-state index is 0.744. The predicted molar refractivity (Wildman–Crippen MR) is 74.2 cm³/mol. The summed E-state index contributed by atoms with van der Waals surface area (Å²) in [5.74, 6) is 0. The molecule has 0 aliphatic rings. The van der Waals surface area contributed by atoms with Crippen molar-refractivity contribution in [2.45, 2.75) is 13.5 Å². The molecule has 0 bridgehead atoms. The number of hydrogen-bond donors (Lipinski definition) is 2. The van der Waals surface area contributed by atoms with E-state index in [1.807, 2.05) is 36.0 Å². The maximum atomic E-state index is 4.08. The van der Waals surface area contributed by atoms with Crippen molar-refractivity contribution in [3.05, 3.63) is 60.4 Å². The number of aryl methyl sites for hydroxylation is 1. The number of rotatable bonds is 4. The van der Waals surface area contributed by atoms with Gasteiger partial charge in [-0.2, -0.15) is 5.10 Å². The molecule has 0 saturated carbocycles. The van der Waals surface area contributed by atoms with Gasteiger partial charge in [0.25, 0.3) is 0 Å². The normalized spacial score (nSPS) is 10.6. The van der Waals surface area contributed by atoms with Crippen LogP contribution in [0.15, 0.2) is 49.2 Å². The van der Waals surface area contributed by atoms with Crippen molar-refractivity contribution in [3.63, 3.8) is 0 Å². The van der Waals surface area contributed by atoms with Crippen molar-refractivity contribution >= 4 is 5.69 Å². The summed E-state index contributed by atoms with van der Waals surface area (Å²) in [6, 6.07) is 8.16. The molecule has 0 aliphatic carbocycles. The molecule has 96 valence electrons. The molecule has 1 aromatic carbocycles. The van der Waals surface area contributed by atoms with Crippen LogP contribution < -0.4 is 5.32 Å². The van der Waals surface area contributed by atoms with Gasteiger partial charge in [-0.3, -0.25) is 5.10 Å². The molecule has 0 fully saturated rings. The van der Waals surface area contributed by atoms with E-state index in [-0.39, 0.29) is 0 Å². The van der Waals surface area contributed by atoms with Crippen LogP contribution in [-0.2, 0) is 6.54 Å². The van der Waals surface area contributed by atoms with Crippen LogP contribution in [0.3, 0.4) is 0 Å². The third kappa shape index (κ3) is 2.35. The van der Waals surface area contributed by atoms with Crippen molar-refractivity contribution in [1.29, 1.82) is 0 Å². The summed E-state index contributed by atoms with van der Waals surface area (Å²) >= 11 is 0. The van der Waals surface area contributed by atoms with E-state index < -0.39 is 0 Å². The first kappa shape index (κ1) is 11.5. The molecule has 0 unspecified atom stereocenters. The van der Waals surface area contributed by atoms with Gasteiger partial charge in [0.05, 0.1) is 23.9 Å². The van der Waals surface area contributed by atoms with Crippen LogP contribution in [0.4, 0.5) is 5.69 Å². The number of imidazole rings is 1. The average molecular weight is 253 g/mol. The first-order chi connectivity index (χ1) is 9.34. The van der Waals surface area contributed by atoms with Gasteiger partial charge in [0.15, 0.2) is 0 Å². The zero-order valence-corrected chi connectivity index (χ0v) is 10.7. The molecule has 0 aliphatic heterocycles. The Kier molecular flexibility index (Phi) is 3.02. The van der Waals surface area contributed by atoms with E-state index in [1.54, 1.807) is 12.5 Å². The molecule has 2 N–H and O–H groups in total. The van der Waals surface area contributed by atoms with Crippen LogP contribution in [0.2, 0.25) is 0 Å². The van der Waals surface area contributed by atoms with Crippen molar-refractivity contribution in [2.24, 2.45) is 0 Å². The monoisotopic (exact) mass is 253 g/mol. The Labute approximate surface area is 111 Å². The molecular formula is C14H15N5. The predicted octanol–water partition coefficient (Wildman–Crippen LogP) is 2.52. The zero-order chi connectivity index (χ0) is 13.1. The van der Waals surface area contributed by atoms with E-state index in [1.165, 1.54) is 5.56 Å². The van der Waals surface area contributed by atoms with E-state index >= 15 is 0 Å². The highest BCUT2D eigenvalue weighted by molar-refractivity contribution is 5.61. The molecule has 19 heavy (non-hydrogen) atoms. The highest BCUT2D eigenvalue weighted by atomic mass is 15.1. The molecule has 0 radical (unpaired) electrons. The molecule has 2 heterocycles. The molecule has 3 aromatic rings. The molecule has 2 aromatic heterocycles. The van der Waals surface area contributed by atoms with Gasteiger partial charge in [0.1, 0.15) is 0 Å². The molecule has 0 amide bonds. The van der Waals surface area contributed by atoms with Crippen molar-refractivity contribution in [3.8, 4) is 5.69 Å². The van der Waals surface area contributed by atoms with Crippen LogP contribution in [0.1, 0.15) is 11.3 Å². The number of benzene rings is 1. The van der Waals surface area contributed by atoms with Gasteiger partial charge < -0.3 is 9.88 Å². The second-order valence-electron chi connectivity index (χ2n) is 4.36. The lowest BCUT2D eigenvalue weighted by atomic mass is 10.2. The van der Waals surface area contributed by atoms with E-state index in [0.29, 0.717) is 0 Å². The number of nitrogens with one attached hydrogen (secondary N) is 2. The molecule has 0 atom stereocenters. The standard InChI is InChI=1S/C14H15N5/c1-11-12(9-17-18-11)8-16-13-4-2-3-5-14(13)19-7-6-15-10-19/h2-7,9-10,16H,8H2,1H3,(H,17,18). The topological polar surface area (TPSA) is 58.5 Å². The Morgan fingerprint density at radius 3 is 2.95 bits per heavy atom. The van der Waals surface area contributed by atoms with Crippen molar-refractivity contribution in [2.75, 3.05) is 5.32 Å². The van der Waals surface area contributed by atoms with Crippen LogP contribution in [0.5, 0.6) is 0 Å². The minimum absolute atomic E-state index is 0.744. The number of nitrogens with zero attached hydrogens (tertiary/aromatic N) is 3. The minimum Gasteiger partial charge on any atom is -0.379 e. The van der Waals surface area contributed by atoms with Gasteiger partial charge in [0, 0.05) is 30.2 Å². The maximum absolute atomic E-state index is 4.08. The summed E-state index contributed by atoms with van der Waals surface area (Å²) < 4.78 is 1.99. The zero-order valence-electron chi connectivity index (χ0n) is 10.7. The summed E-state index contributed by atoms with van der Waals surface area (Å²) in [5, 5.41) is 10.4. The van der Waals surface area contributed by atoms with E-state index in [0.717, 1.165) is 23.6 Å². The quantitative estimate of drug-likeness (QED) is 0.751. The highest BCUT2D eigenvalue weighted by Gasteiger charge is 2.05. The number of anilines is 1. The Morgan fingerprint density at radius 2 is 2.21 bits per heavy atom. The summed E-state index contributed by atoms with van der Waals surface area (Å²) in [5.41, 5.74) is 4.41. The Hall–Kier alpha value is -2.56.